The maximum absolute atomic E-state index is 11.6. The summed E-state index contributed by atoms with van der Waals surface area (Å²) in [5.74, 6) is 0.803. The smallest absolute Gasteiger partial charge is 0.311 e. The second-order valence-electron chi connectivity index (χ2n) is 5.89. The molecule has 0 saturated heterocycles. The first-order chi connectivity index (χ1) is 9.55. The lowest BCUT2D eigenvalue weighted by Gasteiger charge is -2.35. The molecule has 5 nitrogen and oxygen atoms in total. The van der Waals surface area contributed by atoms with Crippen LogP contribution in [0.2, 0.25) is 0 Å². The Bertz CT molecular complexity index is 453. The molecule has 1 aliphatic carbocycles. The van der Waals surface area contributed by atoms with E-state index in [0.717, 1.165) is 49.5 Å². The molecule has 1 aromatic heterocycles. The third kappa shape index (κ3) is 3.48. The van der Waals surface area contributed by atoms with Crippen molar-refractivity contribution in [2.45, 2.75) is 52.4 Å². The summed E-state index contributed by atoms with van der Waals surface area (Å²) in [6.07, 6.45) is 5.37. The summed E-state index contributed by atoms with van der Waals surface area (Å²) in [6.45, 7) is 4.74. The van der Waals surface area contributed by atoms with E-state index in [1.165, 1.54) is 11.5 Å². The number of nitrogens with one attached hydrogen (secondary N) is 1. The van der Waals surface area contributed by atoms with Crippen LogP contribution in [0.1, 0.15) is 51.8 Å². The van der Waals surface area contributed by atoms with E-state index in [-0.39, 0.29) is 0 Å². The molecule has 1 heterocycles. The Morgan fingerprint density at radius 3 is 2.80 bits per heavy atom. The van der Waals surface area contributed by atoms with Crippen LogP contribution in [-0.2, 0) is 11.2 Å². The molecule has 0 unspecified atom stereocenters. The van der Waals surface area contributed by atoms with E-state index in [1.54, 1.807) is 0 Å². The number of nitrogens with zero attached hydrogens (tertiary/aromatic N) is 2. The van der Waals surface area contributed by atoms with Gasteiger partial charge in [-0.05, 0) is 38.0 Å². The van der Waals surface area contributed by atoms with Crippen molar-refractivity contribution in [1.82, 2.24) is 9.36 Å². The van der Waals surface area contributed by atoms with Gasteiger partial charge in [0.2, 0.25) is 5.13 Å². The van der Waals surface area contributed by atoms with Crippen molar-refractivity contribution in [1.29, 1.82) is 0 Å². The third-order valence-corrected chi connectivity index (χ3v) is 4.92. The number of aryl methyl sites for hydroxylation is 1. The van der Waals surface area contributed by atoms with Crippen molar-refractivity contribution in [3.05, 3.63) is 5.82 Å². The number of carboxylic acids is 1. The number of rotatable bonds is 6. The minimum Gasteiger partial charge on any atom is -0.481 e. The van der Waals surface area contributed by atoms with Crippen molar-refractivity contribution >= 4 is 22.6 Å². The first-order valence-corrected chi connectivity index (χ1v) is 8.13. The van der Waals surface area contributed by atoms with Gasteiger partial charge in [-0.3, -0.25) is 4.79 Å². The van der Waals surface area contributed by atoms with Crippen LogP contribution in [0.4, 0.5) is 5.13 Å². The average Bonchev–Trinajstić information content (AvgIpc) is 2.86. The molecule has 112 valence electrons. The van der Waals surface area contributed by atoms with Crippen molar-refractivity contribution in [2.24, 2.45) is 11.3 Å². The van der Waals surface area contributed by atoms with Crippen LogP contribution in [0.3, 0.4) is 0 Å². The van der Waals surface area contributed by atoms with Crippen LogP contribution < -0.4 is 5.32 Å². The predicted molar refractivity (Wildman–Crippen MR) is 80.1 cm³/mol. The van der Waals surface area contributed by atoms with E-state index in [4.69, 9.17) is 0 Å². The standard InChI is InChI=1S/C14H23N3O2S/c1-3-4-11-16-13(20-17-11)15-9-14(12(18)19)7-5-10(2)6-8-14/h10H,3-9H2,1-2H3,(H,18,19)(H,15,16,17). The molecule has 0 bridgehead atoms. The van der Waals surface area contributed by atoms with E-state index in [0.29, 0.717) is 12.5 Å². The summed E-state index contributed by atoms with van der Waals surface area (Å²) < 4.78 is 4.27. The van der Waals surface area contributed by atoms with Crippen molar-refractivity contribution < 1.29 is 9.90 Å². The normalized spacial score (nSPS) is 26.4. The molecule has 1 saturated carbocycles. The highest BCUT2D eigenvalue weighted by molar-refractivity contribution is 7.09. The summed E-state index contributed by atoms with van der Waals surface area (Å²) in [4.78, 5) is 16.0. The Hall–Kier alpha value is -1.17. The number of hydrogen-bond acceptors (Lipinski definition) is 5. The van der Waals surface area contributed by atoms with Gasteiger partial charge in [-0.1, -0.05) is 13.8 Å². The summed E-state index contributed by atoms with van der Waals surface area (Å²) >= 11 is 1.32. The molecule has 0 radical (unpaired) electrons. The molecule has 0 amide bonds. The van der Waals surface area contributed by atoms with Gasteiger partial charge in [-0.2, -0.15) is 4.37 Å². The third-order valence-electron chi connectivity index (χ3n) is 4.20. The van der Waals surface area contributed by atoms with Gasteiger partial charge in [0, 0.05) is 24.5 Å². The summed E-state index contributed by atoms with van der Waals surface area (Å²) in [5.41, 5.74) is -0.636. The number of aromatic nitrogens is 2. The fraction of sp³-hybridized carbons (Fsp3) is 0.786. The molecule has 2 rings (SSSR count). The van der Waals surface area contributed by atoms with Crippen LogP contribution in [0, 0.1) is 11.3 Å². The number of hydrogen-bond donors (Lipinski definition) is 2. The molecule has 20 heavy (non-hydrogen) atoms. The molecule has 0 aromatic carbocycles. The van der Waals surface area contributed by atoms with E-state index in [2.05, 4.69) is 28.5 Å². The van der Waals surface area contributed by atoms with Gasteiger partial charge in [0.25, 0.3) is 0 Å². The fourth-order valence-electron chi connectivity index (χ4n) is 2.68. The molecule has 0 atom stereocenters. The molecule has 6 heteroatoms. The molecule has 2 N–H and O–H groups in total. The van der Waals surface area contributed by atoms with E-state index in [9.17, 15) is 9.90 Å². The van der Waals surface area contributed by atoms with Gasteiger partial charge in [0.05, 0.1) is 5.41 Å². The summed E-state index contributed by atoms with van der Waals surface area (Å²) in [6, 6.07) is 0. The Balaban J connectivity index is 1.96. The first-order valence-electron chi connectivity index (χ1n) is 7.35. The van der Waals surface area contributed by atoms with Crippen LogP contribution in [0.25, 0.3) is 0 Å². The molecule has 1 aromatic rings. The van der Waals surface area contributed by atoms with Crippen molar-refractivity contribution in [3.63, 3.8) is 0 Å². The zero-order valence-electron chi connectivity index (χ0n) is 12.2. The maximum atomic E-state index is 11.6. The van der Waals surface area contributed by atoms with Crippen LogP contribution in [0.15, 0.2) is 0 Å². The number of carboxylic acid groups (broad SMARTS) is 1. The largest absolute Gasteiger partial charge is 0.481 e. The molecule has 0 spiro atoms. The SMILES string of the molecule is CCCc1nsc(NCC2(C(=O)O)CCC(C)CC2)n1. The average molecular weight is 297 g/mol. The van der Waals surface area contributed by atoms with E-state index < -0.39 is 11.4 Å². The number of anilines is 1. The zero-order chi connectivity index (χ0) is 14.6. The summed E-state index contributed by atoms with van der Waals surface area (Å²) in [5, 5.41) is 13.5. The van der Waals surface area contributed by atoms with Gasteiger partial charge in [-0.25, -0.2) is 4.98 Å². The quantitative estimate of drug-likeness (QED) is 0.843. The molecular weight excluding hydrogens is 274 g/mol. The lowest BCUT2D eigenvalue weighted by atomic mass is 9.71. The zero-order valence-corrected chi connectivity index (χ0v) is 13.0. The number of aliphatic carboxylic acids is 1. The molecular formula is C14H23N3O2S. The molecule has 1 aliphatic rings. The minimum absolute atomic E-state index is 0.454. The van der Waals surface area contributed by atoms with E-state index in [1.807, 2.05) is 0 Å². The molecule has 1 fully saturated rings. The summed E-state index contributed by atoms with van der Waals surface area (Å²) in [7, 11) is 0. The molecule has 0 aliphatic heterocycles. The Labute approximate surface area is 124 Å². The van der Waals surface area contributed by atoms with Crippen LogP contribution in [-0.4, -0.2) is 27.0 Å². The lowest BCUT2D eigenvalue weighted by Crippen LogP contribution is -2.41. The highest BCUT2D eigenvalue weighted by Crippen LogP contribution is 2.39. The van der Waals surface area contributed by atoms with Gasteiger partial charge in [0.15, 0.2) is 0 Å². The van der Waals surface area contributed by atoms with Crippen molar-refractivity contribution in [3.8, 4) is 0 Å². The monoisotopic (exact) mass is 297 g/mol. The van der Waals surface area contributed by atoms with Crippen LogP contribution in [0.5, 0.6) is 0 Å². The van der Waals surface area contributed by atoms with Gasteiger partial charge in [0.1, 0.15) is 5.82 Å². The second kappa shape index (κ2) is 6.52. The first kappa shape index (κ1) is 15.2. The Morgan fingerprint density at radius 1 is 1.50 bits per heavy atom. The van der Waals surface area contributed by atoms with Gasteiger partial charge >= 0.3 is 5.97 Å². The minimum atomic E-state index is -0.685. The Morgan fingerprint density at radius 2 is 2.20 bits per heavy atom. The van der Waals surface area contributed by atoms with E-state index >= 15 is 0 Å². The topological polar surface area (TPSA) is 75.1 Å². The Kier molecular flexibility index (Phi) is 4.96. The maximum Gasteiger partial charge on any atom is 0.311 e. The number of carbonyl (C=O) groups is 1. The predicted octanol–water partition coefficient (Wildman–Crippen LogP) is 3.18. The van der Waals surface area contributed by atoms with Gasteiger partial charge in [-0.15, -0.1) is 0 Å². The lowest BCUT2D eigenvalue weighted by molar-refractivity contribution is -0.150. The van der Waals surface area contributed by atoms with Crippen molar-refractivity contribution in [2.75, 3.05) is 11.9 Å². The second-order valence-corrected chi connectivity index (χ2v) is 6.64. The van der Waals surface area contributed by atoms with Crippen LogP contribution >= 0.6 is 11.5 Å². The fourth-order valence-corrected chi connectivity index (χ4v) is 3.28. The van der Waals surface area contributed by atoms with Gasteiger partial charge < -0.3 is 10.4 Å². The highest BCUT2D eigenvalue weighted by atomic mass is 32.1. The highest BCUT2D eigenvalue weighted by Gasteiger charge is 2.41.